The highest BCUT2D eigenvalue weighted by atomic mass is 19.4. The Morgan fingerprint density at radius 3 is 1.88 bits per heavy atom. The highest BCUT2D eigenvalue weighted by molar-refractivity contribution is 5.71. The third-order valence-electron chi connectivity index (χ3n) is 3.24. The smallest absolute Gasteiger partial charge is 0.430 e. The van der Waals surface area contributed by atoms with E-state index in [2.05, 4.69) is 27.4 Å². The van der Waals surface area contributed by atoms with E-state index in [0.29, 0.717) is 18.8 Å². The lowest BCUT2D eigenvalue weighted by Gasteiger charge is -2.03. The predicted octanol–water partition coefficient (Wildman–Crippen LogP) is -1.50. The summed E-state index contributed by atoms with van der Waals surface area (Å²) in [4.78, 5) is 25.9. The van der Waals surface area contributed by atoms with E-state index in [1.54, 1.807) is 29.3 Å². The number of aliphatic hydroxyl groups is 1. The predicted molar refractivity (Wildman–Crippen MR) is 90.6 cm³/mol. The van der Waals surface area contributed by atoms with Crippen LogP contribution in [0.25, 0.3) is 11.4 Å². The van der Waals surface area contributed by atoms with E-state index in [0.717, 1.165) is 5.56 Å². The Hall–Kier alpha value is -3.82. The molecule has 0 aliphatic rings. The Labute approximate surface area is 181 Å². The van der Waals surface area contributed by atoms with Gasteiger partial charge in [0.1, 0.15) is 29.9 Å². The minimum absolute atomic E-state index is 0.106. The number of carbonyl (C=O) groups is 2. The van der Waals surface area contributed by atoms with Crippen molar-refractivity contribution in [2.45, 2.75) is 31.4 Å². The van der Waals surface area contributed by atoms with Crippen LogP contribution in [-0.4, -0.2) is 50.5 Å². The van der Waals surface area contributed by atoms with Gasteiger partial charge < -0.3 is 30.6 Å². The minimum atomic E-state index is -5.19. The summed E-state index contributed by atoms with van der Waals surface area (Å²) in [5.74, 6) is -5.25. The molecule has 0 saturated heterocycles. The first-order valence-corrected chi connectivity index (χ1v) is 8.46. The first-order valence-electron chi connectivity index (χ1n) is 8.46. The van der Waals surface area contributed by atoms with Gasteiger partial charge in [-0.2, -0.15) is 26.3 Å². The van der Waals surface area contributed by atoms with Crippen molar-refractivity contribution in [3.8, 4) is 11.4 Å². The molecule has 0 aliphatic carbocycles. The maximum atomic E-state index is 10.5. The lowest BCUT2D eigenvalue weighted by Crippen LogP contribution is -2.62. The van der Waals surface area contributed by atoms with Crippen LogP contribution in [0.5, 0.6) is 0 Å². The topological polar surface area (TPSA) is 171 Å². The number of hydrogen-bond donors (Lipinski definition) is 2. The summed E-state index contributed by atoms with van der Waals surface area (Å²) in [7, 11) is 0. The number of alkyl halides is 6. The minimum Gasteiger partial charge on any atom is -0.542 e. The molecular formula is C17H17F6N5O5. The standard InChI is InChI=1S/C13H15N5O.2C2HF3O2/c1-10(19)12(14)4-8-18-7-3-11(9-17-18)13-15-5-2-6-16-13;2*3-2(4,5)1(6)7/h2-3,5-7,9,12H,1,4,8,14H2;2*(H,6,7)/t12-;;/m0../s1. The Balaban J connectivity index is 0.000000605. The Bertz CT molecular complexity index is 883. The second-order valence-electron chi connectivity index (χ2n) is 5.80. The van der Waals surface area contributed by atoms with Crippen molar-refractivity contribution in [3.63, 3.8) is 0 Å². The maximum Gasteiger partial charge on any atom is 0.430 e. The van der Waals surface area contributed by atoms with Gasteiger partial charge in [-0.3, -0.25) is 0 Å². The number of hydrogen-bond acceptors (Lipinski definition) is 8. The molecule has 33 heavy (non-hydrogen) atoms. The van der Waals surface area contributed by atoms with Crippen LogP contribution in [0.4, 0.5) is 26.3 Å². The quantitative estimate of drug-likeness (QED) is 0.293. The number of carbonyl (C=O) groups excluding carboxylic acids is 2. The monoisotopic (exact) mass is 485 g/mol. The molecule has 16 heteroatoms. The third-order valence-corrected chi connectivity index (χ3v) is 3.24. The molecule has 0 bridgehead atoms. The first-order chi connectivity index (χ1) is 15.1. The van der Waals surface area contributed by atoms with E-state index < -0.39 is 24.3 Å². The van der Waals surface area contributed by atoms with E-state index in [1.807, 2.05) is 12.3 Å². The molecule has 10 nitrogen and oxygen atoms in total. The van der Waals surface area contributed by atoms with Gasteiger partial charge in [-0.05, 0) is 11.2 Å². The van der Waals surface area contributed by atoms with Crippen LogP contribution in [0.2, 0.25) is 0 Å². The largest absolute Gasteiger partial charge is 0.542 e. The van der Waals surface area contributed by atoms with Gasteiger partial charge in [0, 0.05) is 24.0 Å². The molecule has 182 valence electrons. The average molecular weight is 485 g/mol. The van der Waals surface area contributed by atoms with Gasteiger partial charge in [0.05, 0.1) is 6.42 Å². The van der Waals surface area contributed by atoms with Gasteiger partial charge >= 0.3 is 12.4 Å². The van der Waals surface area contributed by atoms with Crippen LogP contribution in [0.3, 0.4) is 0 Å². The van der Waals surface area contributed by atoms with Gasteiger partial charge in [0.15, 0.2) is 18.6 Å². The van der Waals surface area contributed by atoms with Crippen LogP contribution >= 0.6 is 0 Å². The molecule has 2 aromatic heterocycles. The summed E-state index contributed by atoms with van der Waals surface area (Å²) in [5, 5.41) is 31.0. The van der Waals surface area contributed by atoms with Crippen LogP contribution in [0.1, 0.15) is 6.42 Å². The molecule has 2 heterocycles. The van der Waals surface area contributed by atoms with Crippen molar-refractivity contribution in [2.75, 3.05) is 0 Å². The SMILES string of the molecule is C=C(O)[C@@H]([NH3+])CC[n+]1ccc(-c2ncccn2)cn1.O=C([O-])C(F)(F)F.O=C([O-])C(F)(F)F. The number of aliphatic hydroxyl groups excluding tert-OH is 1. The van der Waals surface area contributed by atoms with Crippen LogP contribution < -0.4 is 20.6 Å². The fourth-order valence-corrected chi connectivity index (χ4v) is 1.55. The molecule has 0 aliphatic heterocycles. The maximum absolute atomic E-state index is 10.5. The summed E-state index contributed by atoms with van der Waals surface area (Å²) in [6.45, 7) is 4.14. The molecule has 0 spiro atoms. The fraction of sp³-hybridized carbons (Fsp3) is 0.294. The zero-order valence-electron chi connectivity index (χ0n) is 16.5. The molecule has 0 aromatic carbocycles. The van der Waals surface area contributed by atoms with E-state index in [9.17, 15) is 31.4 Å². The summed E-state index contributed by atoms with van der Waals surface area (Å²) in [6.07, 6.45) is -2.72. The molecular weight excluding hydrogens is 468 g/mol. The molecule has 0 unspecified atom stereocenters. The highest BCUT2D eigenvalue weighted by Crippen LogP contribution is 2.12. The van der Waals surface area contributed by atoms with Gasteiger partial charge in [0.2, 0.25) is 0 Å². The number of quaternary nitrogens is 1. The van der Waals surface area contributed by atoms with Gasteiger partial charge in [-0.25, -0.2) is 9.97 Å². The number of nitrogens with zero attached hydrogens (tertiary/aromatic N) is 4. The summed E-state index contributed by atoms with van der Waals surface area (Å²) in [6, 6.07) is 3.51. The number of carboxylic acid groups (broad SMARTS) is 2. The lowest BCUT2D eigenvalue weighted by molar-refractivity contribution is -0.756. The van der Waals surface area contributed by atoms with Crippen molar-refractivity contribution < 1.29 is 61.7 Å². The number of rotatable bonds is 5. The van der Waals surface area contributed by atoms with E-state index >= 15 is 0 Å². The molecule has 0 amide bonds. The highest BCUT2D eigenvalue weighted by Gasteiger charge is 2.29. The van der Waals surface area contributed by atoms with Crippen molar-refractivity contribution in [1.29, 1.82) is 0 Å². The van der Waals surface area contributed by atoms with Gasteiger partial charge in [-0.15, -0.1) is 0 Å². The molecule has 0 saturated carbocycles. The Morgan fingerprint density at radius 1 is 1.09 bits per heavy atom. The fourth-order valence-electron chi connectivity index (χ4n) is 1.55. The number of aromatic nitrogens is 4. The number of carboxylic acids is 2. The lowest BCUT2D eigenvalue weighted by atomic mass is 10.2. The van der Waals surface area contributed by atoms with Crippen LogP contribution in [0, 0.1) is 0 Å². The Morgan fingerprint density at radius 2 is 1.55 bits per heavy atom. The second-order valence-corrected chi connectivity index (χ2v) is 5.80. The first kappa shape index (κ1) is 29.2. The summed E-state index contributed by atoms with van der Waals surface area (Å²) >= 11 is 0. The van der Waals surface area contributed by atoms with E-state index in [-0.39, 0.29) is 11.8 Å². The number of halogens is 6. The third kappa shape index (κ3) is 12.6. The molecule has 1 atom stereocenters. The van der Waals surface area contributed by atoms with Crippen LogP contribution in [0.15, 0.2) is 49.3 Å². The molecule has 0 fully saturated rings. The van der Waals surface area contributed by atoms with Gasteiger partial charge in [0.25, 0.3) is 0 Å². The molecule has 0 radical (unpaired) electrons. The summed E-state index contributed by atoms with van der Waals surface area (Å²) in [5.41, 5.74) is 4.68. The van der Waals surface area contributed by atoms with E-state index in [4.69, 9.17) is 19.8 Å². The van der Waals surface area contributed by atoms with E-state index in [1.165, 1.54) is 0 Å². The van der Waals surface area contributed by atoms with Crippen molar-refractivity contribution in [2.24, 2.45) is 0 Å². The van der Waals surface area contributed by atoms with Crippen molar-refractivity contribution in [1.82, 2.24) is 15.1 Å². The Kier molecular flexibility index (Phi) is 11.4. The van der Waals surface area contributed by atoms with Crippen molar-refractivity contribution >= 4 is 11.9 Å². The van der Waals surface area contributed by atoms with Gasteiger partial charge in [-0.1, -0.05) is 11.3 Å². The number of aliphatic carboxylic acids is 2. The zero-order chi connectivity index (χ0) is 25.8. The molecule has 2 aromatic rings. The number of aryl methyl sites for hydroxylation is 1. The van der Waals surface area contributed by atoms with Crippen molar-refractivity contribution in [3.05, 3.63) is 49.3 Å². The zero-order valence-corrected chi connectivity index (χ0v) is 16.5. The van der Waals surface area contributed by atoms with Crippen LogP contribution in [-0.2, 0) is 16.1 Å². The molecule has 4 N–H and O–H groups in total. The summed E-state index contributed by atoms with van der Waals surface area (Å²) < 4.78 is 64.9. The average Bonchev–Trinajstić information content (AvgIpc) is 2.72. The normalized spacial score (nSPS) is 11.7. The molecule has 2 rings (SSSR count). The second kappa shape index (κ2) is 12.9.